The fraction of sp³-hybridized carbons (Fsp3) is 0.600. The predicted molar refractivity (Wildman–Crippen MR) is 103 cm³/mol. The van der Waals surface area contributed by atoms with Crippen LogP contribution in [0, 0.1) is 5.92 Å². The van der Waals surface area contributed by atoms with E-state index in [0.717, 1.165) is 44.4 Å². The number of amides is 1. The van der Waals surface area contributed by atoms with Crippen molar-refractivity contribution >= 4 is 17.1 Å². The van der Waals surface area contributed by atoms with Crippen LogP contribution in [0.5, 0.6) is 0 Å². The van der Waals surface area contributed by atoms with E-state index in [0.29, 0.717) is 25.6 Å². The Bertz CT molecular complexity index is 776. The second kappa shape index (κ2) is 7.86. The molecule has 4 rings (SSSR count). The number of H-pyrrole nitrogens is 1. The number of likely N-dealkylation sites (tertiary alicyclic amines) is 2. The number of nitrogens with zero attached hydrogens (tertiary/aromatic N) is 3. The molecule has 0 saturated carbocycles. The van der Waals surface area contributed by atoms with Gasteiger partial charge in [0, 0.05) is 37.4 Å². The topological polar surface area (TPSA) is 92.7 Å². The Labute approximate surface area is 159 Å². The van der Waals surface area contributed by atoms with Gasteiger partial charge in [-0.25, -0.2) is 9.78 Å². The molecule has 7 heteroatoms. The van der Waals surface area contributed by atoms with Crippen molar-refractivity contribution < 1.29 is 15.0 Å². The number of aromatic amines is 1. The summed E-state index contributed by atoms with van der Waals surface area (Å²) >= 11 is 0. The highest BCUT2D eigenvalue weighted by atomic mass is 16.4. The lowest BCUT2D eigenvalue weighted by Gasteiger charge is -2.37. The minimum absolute atomic E-state index is 0.206. The average molecular weight is 372 g/mol. The molecule has 2 saturated heterocycles. The van der Waals surface area contributed by atoms with Gasteiger partial charge < -0.3 is 25.0 Å². The Hall–Kier alpha value is -2.12. The number of carboxylic acid groups (broad SMARTS) is 1. The van der Waals surface area contributed by atoms with Crippen LogP contribution in [0.25, 0.3) is 11.0 Å². The van der Waals surface area contributed by atoms with Gasteiger partial charge in [0.25, 0.3) is 0 Å². The number of carbonyl (C=O) groups is 1. The maximum absolute atomic E-state index is 11.0. The van der Waals surface area contributed by atoms with Gasteiger partial charge in [0.15, 0.2) is 0 Å². The molecule has 1 unspecified atom stereocenters. The number of fused-ring (bicyclic) bond motifs is 1. The summed E-state index contributed by atoms with van der Waals surface area (Å²) in [6.07, 6.45) is 6.39. The molecule has 2 fully saturated rings. The first-order chi connectivity index (χ1) is 13.1. The van der Waals surface area contributed by atoms with Crippen molar-refractivity contribution in [2.45, 2.75) is 37.7 Å². The fourth-order valence-corrected chi connectivity index (χ4v) is 4.63. The normalized spacial score (nSPS) is 21.6. The van der Waals surface area contributed by atoms with Gasteiger partial charge in [-0.2, -0.15) is 0 Å². The van der Waals surface area contributed by atoms with E-state index in [1.165, 1.54) is 15.8 Å². The van der Waals surface area contributed by atoms with E-state index < -0.39 is 6.09 Å². The third kappa shape index (κ3) is 3.94. The van der Waals surface area contributed by atoms with E-state index in [2.05, 4.69) is 27.1 Å². The first-order valence-corrected chi connectivity index (χ1v) is 9.92. The molecule has 0 spiro atoms. The highest BCUT2D eigenvalue weighted by Gasteiger charge is 2.30. The highest BCUT2D eigenvalue weighted by molar-refractivity contribution is 5.80. The molecule has 2 aromatic heterocycles. The smallest absolute Gasteiger partial charge is 0.407 e. The molecule has 1 atom stereocenters. The fourth-order valence-electron chi connectivity index (χ4n) is 4.63. The summed E-state index contributed by atoms with van der Waals surface area (Å²) in [6.45, 7) is 3.74. The Morgan fingerprint density at radius 2 is 1.96 bits per heavy atom. The predicted octanol–water partition coefficient (Wildman–Crippen LogP) is 2.49. The second-order valence-corrected chi connectivity index (χ2v) is 7.89. The Balaban J connectivity index is 1.28. The quantitative estimate of drug-likeness (QED) is 0.767. The minimum Gasteiger partial charge on any atom is -0.465 e. The summed E-state index contributed by atoms with van der Waals surface area (Å²) in [5.41, 5.74) is 2.32. The van der Waals surface area contributed by atoms with E-state index >= 15 is 0 Å². The summed E-state index contributed by atoms with van der Waals surface area (Å²) in [4.78, 5) is 22.5. The van der Waals surface area contributed by atoms with Crippen LogP contribution >= 0.6 is 0 Å². The maximum atomic E-state index is 11.0. The van der Waals surface area contributed by atoms with E-state index in [1.807, 2.05) is 12.3 Å². The number of aliphatic hydroxyl groups excluding tert-OH is 1. The van der Waals surface area contributed by atoms with Crippen LogP contribution in [0.1, 0.15) is 37.2 Å². The van der Waals surface area contributed by atoms with Crippen LogP contribution in [-0.2, 0) is 0 Å². The number of β-amino-alcohol motifs (C(OH)–C–C–N with tert-alkyl or cyclic N) is 1. The van der Waals surface area contributed by atoms with Crippen molar-refractivity contribution in [1.82, 2.24) is 19.8 Å². The molecule has 0 bridgehead atoms. The number of hydrogen-bond acceptors (Lipinski definition) is 4. The van der Waals surface area contributed by atoms with Crippen LogP contribution in [0.15, 0.2) is 24.5 Å². The van der Waals surface area contributed by atoms with Crippen molar-refractivity contribution in [1.29, 1.82) is 0 Å². The van der Waals surface area contributed by atoms with Crippen molar-refractivity contribution in [3.63, 3.8) is 0 Å². The summed E-state index contributed by atoms with van der Waals surface area (Å²) in [5.74, 6) is 0.744. The number of aliphatic hydroxyl groups is 1. The molecule has 0 aromatic carbocycles. The number of piperidine rings is 2. The van der Waals surface area contributed by atoms with Crippen LogP contribution in [0.3, 0.4) is 0 Å². The zero-order valence-electron chi connectivity index (χ0n) is 15.5. The summed E-state index contributed by atoms with van der Waals surface area (Å²) in [7, 11) is 0. The number of hydrogen-bond donors (Lipinski definition) is 3. The van der Waals surface area contributed by atoms with Crippen LogP contribution in [-0.4, -0.2) is 74.9 Å². The van der Waals surface area contributed by atoms with Gasteiger partial charge in [-0.1, -0.05) is 0 Å². The van der Waals surface area contributed by atoms with E-state index in [4.69, 9.17) is 5.11 Å². The molecular formula is C20H28N4O3. The Kier molecular flexibility index (Phi) is 5.31. The van der Waals surface area contributed by atoms with Gasteiger partial charge in [-0.3, -0.25) is 0 Å². The molecule has 7 nitrogen and oxygen atoms in total. The molecule has 27 heavy (non-hydrogen) atoms. The van der Waals surface area contributed by atoms with Crippen molar-refractivity contribution in [2.24, 2.45) is 5.92 Å². The summed E-state index contributed by atoms with van der Waals surface area (Å²) in [6, 6.07) is 4.12. The van der Waals surface area contributed by atoms with Gasteiger partial charge in [0.05, 0.1) is 6.10 Å². The molecule has 146 valence electrons. The van der Waals surface area contributed by atoms with Crippen molar-refractivity contribution in [2.75, 3.05) is 32.7 Å². The van der Waals surface area contributed by atoms with Crippen LogP contribution in [0.2, 0.25) is 0 Å². The van der Waals surface area contributed by atoms with Gasteiger partial charge in [-0.05, 0) is 68.3 Å². The molecule has 3 N–H and O–H groups in total. The zero-order valence-corrected chi connectivity index (χ0v) is 15.5. The summed E-state index contributed by atoms with van der Waals surface area (Å²) < 4.78 is 0. The molecule has 2 aromatic rings. The zero-order chi connectivity index (χ0) is 18.8. The van der Waals surface area contributed by atoms with E-state index in [-0.39, 0.29) is 12.0 Å². The largest absolute Gasteiger partial charge is 0.465 e. The molecule has 2 aliphatic heterocycles. The lowest BCUT2D eigenvalue weighted by Crippen LogP contribution is -2.45. The third-order valence-electron chi connectivity index (χ3n) is 6.31. The highest BCUT2D eigenvalue weighted by Crippen LogP contribution is 2.33. The molecule has 0 radical (unpaired) electrons. The summed E-state index contributed by atoms with van der Waals surface area (Å²) in [5, 5.41) is 20.9. The number of pyridine rings is 1. The van der Waals surface area contributed by atoms with E-state index in [1.54, 1.807) is 0 Å². The van der Waals surface area contributed by atoms with Gasteiger partial charge in [-0.15, -0.1) is 0 Å². The molecule has 0 aliphatic carbocycles. The van der Waals surface area contributed by atoms with Gasteiger partial charge >= 0.3 is 6.09 Å². The molecule has 4 heterocycles. The molecular weight excluding hydrogens is 344 g/mol. The Morgan fingerprint density at radius 1 is 1.22 bits per heavy atom. The van der Waals surface area contributed by atoms with Crippen LogP contribution < -0.4 is 0 Å². The minimum atomic E-state index is -0.850. The van der Waals surface area contributed by atoms with Crippen molar-refractivity contribution in [3.05, 3.63) is 30.1 Å². The number of rotatable bonds is 4. The van der Waals surface area contributed by atoms with Crippen LogP contribution in [0.4, 0.5) is 4.79 Å². The maximum Gasteiger partial charge on any atom is 0.407 e. The van der Waals surface area contributed by atoms with Gasteiger partial charge in [0.1, 0.15) is 5.65 Å². The molecule has 2 aliphatic rings. The molecule has 1 amide bonds. The second-order valence-electron chi connectivity index (χ2n) is 7.89. The van der Waals surface area contributed by atoms with E-state index in [9.17, 15) is 9.90 Å². The number of nitrogens with one attached hydrogen (secondary N) is 1. The lowest BCUT2D eigenvalue weighted by atomic mass is 9.88. The Morgan fingerprint density at radius 3 is 2.67 bits per heavy atom. The SMILES string of the molecule is O=C(O)N1CCC(C(O)CN2CCC(c3c[nH]c4ncccc34)CC2)CC1. The van der Waals surface area contributed by atoms with Crippen molar-refractivity contribution in [3.8, 4) is 0 Å². The average Bonchev–Trinajstić information content (AvgIpc) is 3.13. The monoisotopic (exact) mass is 372 g/mol. The number of aromatic nitrogens is 2. The first kappa shape index (κ1) is 18.3. The lowest BCUT2D eigenvalue weighted by molar-refractivity contribution is 0.0266. The van der Waals surface area contributed by atoms with Gasteiger partial charge in [0.2, 0.25) is 0 Å². The standard InChI is InChI=1S/C20H28N4O3/c25-18(15-5-10-24(11-6-15)20(26)27)13-23-8-3-14(4-9-23)17-12-22-19-16(17)2-1-7-21-19/h1-2,7,12,14-15,18,25H,3-6,8-11,13H2,(H,21,22)(H,26,27). The third-order valence-corrected chi connectivity index (χ3v) is 6.31. The first-order valence-electron chi connectivity index (χ1n) is 9.92.